The molecule has 0 aliphatic rings. The van der Waals surface area contributed by atoms with Gasteiger partial charge in [-0.3, -0.25) is 4.79 Å². The highest BCUT2D eigenvalue weighted by atomic mass is 32.2. The molecule has 0 bridgehead atoms. The average molecular weight is 210 g/mol. The molecule has 0 spiro atoms. The Kier molecular flexibility index (Phi) is 4.01. The van der Waals surface area contributed by atoms with Gasteiger partial charge in [-0.1, -0.05) is 18.2 Å². The zero-order chi connectivity index (χ0) is 10.6. The molecule has 0 saturated heterocycles. The third-order valence-corrected chi connectivity index (χ3v) is 3.06. The van der Waals surface area contributed by atoms with Crippen LogP contribution in [0.5, 0.6) is 0 Å². The minimum absolute atomic E-state index is 0.174. The lowest BCUT2D eigenvalue weighted by Crippen LogP contribution is -1.99. The summed E-state index contributed by atoms with van der Waals surface area (Å²) in [6.45, 7) is 4.12. The second kappa shape index (κ2) is 5.05. The van der Waals surface area contributed by atoms with E-state index >= 15 is 0 Å². The van der Waals surface area contributed by atoms with E-state index in [0.717, 1.165) is 5.75 Å². The number of thioether (sulfide) groups is 1. The molecular formula is C11H14O2S. The number of benzene rings is 1. The standard InChI is InChI=1S/C11H14O2S/c1-8-4-3-5-9(2)10(8)6-14-7-11(12)13/h3-5H,6-7H2,1-2H3,(H,12,13). The van der Waals surface area contributed by atoms with Gasteiger partial charge in [-0.25, -0.2) is 0 Å². The minimum atomic E-state index is -0.749. The Bertz CT molecular complexity index is 314. The SMILES string of the molecule is Cc1cccc(C)c1CSCC(=O)O. The largest absolute Gasteiger partial charge is 0.481 e. The Hall–Kier alpha value is -0.960. The number of carboxylic acids is 1. The maximum Gasteiger partial charge on any atom is 0.313 e. The van der Waals surface area contributed by atoms with Gasteiger partial charge >= 0.3 is 5.97 Å². The molecule has 0 saturated carbocycles. The van der Waals surface area contributed by atoms with Crippen LogP contribution in [-0.2, 0) is 10.5 Å². The average Bonchev–Trinajstić information content (AvgIpc) is 2.09. The van der Waals surface area contributed by atoms with E-state index in [-0.39, 0.29) is 5.75 Å². The molecule has 1 aromatic carbocycles. The first-order valence-corrected chi connectivity index (χ1v) is 5.61. The van der Waals surface area contributed by atoms with Gasteiger partial charge in [0.15, 0.2) is 0 Å². The van der Waals surface area contributed by atoms with Crippen molar-refractivity contribution in [3.8, 4) is 0 Å². The van der Waals surface area contributed by atoms with Gasteiger partial charge in [0, 0.05) is 5.75 Å². The molecule has 76 valence electrons. The molecule has 1 aromatic rings. The van der Waals surface area contributed by atoms with Crippen LogP contribution in [0, 0.1) is 13.8 Å². The minimum Gasteiger partial charge on any atom is -0.481 e. The zero-order valence-corrected chi connectivity index (χ0v) is 9.23. The Balaban J connectivity index is 2.62. The molecule has 1 N–H and O–H groups in total. The van der Waals surface area contributed by atoms with Crippen LogP contribution in [-0.4, -0.2) is 16.8 Å². The first-order valence-electron chi connectivity index (χ1n) is 4.46. The Morgan fingerprint density at radius 1 is 1.36 bits per heavy atom. The number of aliphatic carboxylic acids is 1. The highest BCUT2D eigenvalue weighted by molar-refractivity contribution is 7.99. The van der Waals surface area contributed by atoms with Crippen LogP contribution in [0.15, 0.2) is 18.2 Å². The summed E-state index contributed by atoms with van der Waals surface area (Å²) < 4.78 is 0. The summed E-state index contributed by atoms with van der Waals surface area (Å²) in [5.41, 5.74) is 3.74. The van der Waals surface area contributed by atoms with Crippen molar-refractivity contribution in [3.63, 3.8) is 0 Å². The molecule has 0 fully saturated rings. The van der Waals surface area contributed by atoms with Crippen LogP contribution in [0.2, 0.25) is 0 Å². The number of carbonyl (C=O) groups is 1. The van der Waals surface area contributed by atoms with Crippen LogP contribution in [0.3, 0.4) is 0 Å². The lowest BCUT2D eigenvalue weighted by molar-refractivity contribution is -0.133. The summed E-state index contributed by atoms with van der Waals surface area (Å²) in [6, 6.07) is 6.14. The molecule has 0 radical (unpaired) electrons. The lowest BCUT2D eigenvalue weighted by atomic mass is 10.1. The number of rotatable bonds is 4. The molecule has 0 aliphatic carbocycles. The van der Waals surface area contributed by atoms with Gasteiger partial charge in [0.05, 0.1) is 5.75 Å². The van der Waals surface area contributed by atoms with Crippen LogP contribution in [0.25, 0.3) is 0 Å². The van der Waals surface area contributed by atoms with E-state index in [1.807, 2.05) is 6.07 Å². The summed E-state index contributed by atoms with van der Waals surface area (Å²) in [6.07, 6.45) is 0. The van der Waals surface area contributed by atoms with Crippen molar-refractivity contribution in [2.45, 2.75) is 19.6 Å². The van der Waals surface area contributed by atoms with Gasteiger partial charge in [0.2, 0.25) is 0 Å². The predicted molar refractivity (Wildman–Crippen MR) is 59.7 cm³/mol. The highest BCUT2D eigenvalue weighted by Gasteiger charge is 2.03. The first kappa shape index (κ1) is 11.1. The third-order valence-electron chi connectivity index (χ3n) is 2.12. The fourth-order valence-corrected chi connectivity index (χ4v) is 2.25. The topological polar surface area (TPSA) is 37.3 Å². The van der Waals surface area contributed by atoms with Gasteiger partial charge in [-0.15, -0.1) is 11.8 Å². The Morgan fingerprint density at radius 3 is 2.43 bits per heavy atom. The van der Waals surface area contributed by atoms with Crippen molar-refractivity contribution >= 4 is 17.7 Å². The second-order valence-corrected chi connectivity index (χ2v) is 4.24. The highest BCUT2D eigenvalue weighted by Crippen LogP contribution is 2.19. The molecule has 0 aliphatic heterocycles. The molecule has 2 nitrogen and oxygen atoms in total. The smallest absolute Gasteiger partial charge is 0.313 e. The van der Waals surface area contributed by atoms with Gasteiger partial charge < -0.3 is 5.11 Å². The molecule has 14 heavy (non-hydrogen) atoms. The molecule has 0 heterocycles. The number of hydrogen-bond acceptors (Lipinski definition) is 2. The third kappa shape index (κ3) is 3.07. The van der Waals surface area contributed by atoms with Gasteiger partial charge in [-0.05, 0) is 30.5 Å². The number of aryl methyl sites for hydroxylation is 2. The fourth-order valence-electron chi connectivity index (χ4n) is 1.32. The van der Waals surface area contributed by atoms with E-state index in [1.165, 1.54) is 28.5 Å². The summed E-state index contributed by atoms with van der Waals surface area (Å²) in [7, 11) is 0. The number of hydrogen-bond donors (Lipinski definition) is 1. The van der Waals surface area contributed by atoms with Crippen LogP contribution in [0.4, 0.5) is 0 Å². The molecule has 0 atom stereocenters. The maximum absolute atomic E-state index is 10.3. The van der Waals surface area contributed by atoms with Crippen molar-refractivity contribution in [1.29, 1.82) is 0 Å². The Labute approximate surface area is 88.3 Å². The van der Waals surface area contributed by atoms with Gasteiger partial charge in [0.25, 0.3) is 0 Å². The molecule has 0 unspecified atom stereocenters. The van der Waals surface area contributed by atoms with Crippen molar-refractivity contribution in [3.05, 3.63) is 34.9 Å². The quantitative estimate of drug-likeness (QED) is 0.830. The van der Waals surface area contributed by atoms with E-state index in [2.05, 4.69) is 26.0 Å². The monoisotopic (exact) mass is 210 g/mol. The Morgan fingerprint density at radius 2 is 1.93 bits per heavy atom. The van der Waals surface area contributed by atoms with Crippen molar-refractivity contribution in [2.24, 2.45) is 0 Å². The zero-order valence-electron chi connectivity index (χ0n) is 8.41. The number of carboxylic acid groups (broad SMARTS) is 1. The molecule has 0 amide bonds. The van der Waals surface area contributed by atoms with Crippen LogP contribution >= 0.6 is 11.8 Å². The van der Waals surface area contributed by atoms with E-state index in [0.29, 0.717) is 0 Å². The lowest BCUT2D eigenvalue weighted by Gasteiger charge is -2.07. The summed E-state index contributed by atoms with van der Waals surface area (Å²) in [4.78, 5) is 10.3. The van der Waals surface area contributed by atoms with Crippen molar-refractivity contribution < 1.29 is 9.90 Å². The second-order valence-electron chi connectivity index (χ2n) is 3.26. The van der Waals surface area contributed by atoms with E-state index in [1.54, 1.807) is 0 Å². The van der Waals surface area contributed by atoms with Gasteiger partial charge in [-0.2, -0.15) is 0 Å². The molecule has 1 rings (SSSR count). The van der Waals surface area contributed by atoms with Gasteiger partial charge in [0.1, 0.15) is 0 Å². The summed E-state index contributed by atoms with van der Waals surface area (Å²) in [5.74, 6) is 0.208. The maximum atomic E-state index is 10.3. The molecule has 3 heteroatoms. The van der Waals surface area contributed by atoms with E-state index in [4.69, 9.17) is 5.11 Å². The summed E-state index contributed by atoms with van der Waals surface area (Å²) in [5, 5.41) is 8.51. The van der Waals surface area contributed by atoms with Crippen molar-refractivity contribution in [2.75, 3.05) is 5.75 Å². The summed E-state index contributed by atoms with van der Waals surface area (Å²) >= 11 is 1.44. The first-order chi connectivity index (χ1) is 6.61. The predicted octanol–water partition coefficient (Wildman–Crippen LogP) is 2.62. The molecular weight excluding hydrogens is 196 g/mol. The fraction of sp³-hybridized carbons (Fsp3) is 0.364. The van der Waals surface area contributed by atoms with E-state index < -0.39 is 5.97 Å². The normalized spacial score (nSPS) is 10.1. The van der Waals surface area contributed by atoms with E-state index in [9.17, 15) is 4.79 Å². The van der Waals surface area contributed by atoms with Crippen molar-refractivity contribution in [1.82, 2.24) is 0 Å². The molecule has 0 aromatic heterocycles. The van der Waals surface area contributed by atoms with Crippen LogP contribution in [0.1, 0.15) is 16.7 Å². The van der Waals surface area contributed by atoms with Crippen LogP contribution < -0.4 is 0 Å².